The summed E-state index contributed by atoms with van der Waals surface area (Å²) in [4.78, 5) is 23.9. The average Bonchev–Trinajstić information content (AvgIpc) is 3.28. The van der Waals surface area contributed by atoms with Crippen LogP contribution in [-0.4, -0.2) is 24.4 Å². The molecule has 0 aliphatic heterocycles. The van der Waals surface area contributed by atoms with E-state index in [1.165, 1.54) is 31.9 Å². The Balaban J connectivity index is 1.21. The fourth-order valence-corrected chi connectivity index (χ4v) is 5.30. The van der Waals surface area contributed by atoms with Crippen LogP contribution in [0.15, 0.2) is 22.8 Å². The molecule has 2 N–H and O–H groups in total. The van der Waals surface area contributed by atoms with Crippen LogP contribution >= 0.6 is 0 Å². The van der Waals surface area contributed by atoms with Crippen LogP contribution in [0.1, 0.15) is 49.1 Å². The lowest BCUT2D eigenvalue weighted by atomic mass is 9.79. The molecule has 23 heavy (non-hydrogen) atoms. The molecule has 5 unspecified atom stereocenters. The van der Waals surface area contributed by atoms with Crippen LogP contribution in [-0.2, 0) is 4.79 Å². The second kappa shape index (κ2) is 6.02. The van der Waals surface area contributed by atoms with E-state index in [0.29, 0.717) is 24.9 Å². The molecular formula is C18H24N2O3. The first-order valence-electron chi connectivity index (χ1n) is 8.83. The van der Waals surface area contributed by atoms with Crippen molar-refractivity contribution < 1.29 is 14.0 Å². The molecule has 5 heteroatoms. The van der Waals surface area contributed by atoms with Crippen molar-refractivity contribution in [2.24, 2.45) is 23.7 Å². The van der Waals surface area contributed by atoms with E-state index in [9.17, 15) is 9.59 Å². The monoisotopic (exact) mass is 316 g/mol. The van der Waals surface area contributed by atoms with E-state index < -0.39 is 0 Å². The lowest BCUT2D eigenvalue weighted by Crippen LogP contribution is -2.43. The van der Waals surface area contributed by atoms with Gasteiger partial charge in [0.25, 0.3) is 5.91 Å². The molecule has 5 atom stereocenters. The molecule has 2 bridgehead atoms. The van der Waals surface area contributed by atoms with Crippen LogP contribution in [0.4, 0.5) is 0 Å². The molecule has 3 aliphatic rings. The predicted octanol–water partition coefficient (Wildman–Crippen LogP) is 2.34. The first-order chi connectivity index (χ1) is 11.2. The number of carbonyl (C=O) groups excluding carboxylic acids is 2. The minimum Gasteiger partial charge on any atom is -0.459 e. The lowest BCUT2D eigenvalue weighted by molar-refractivity contribution is -0.122. The highest BCUT2D eigenvalue weighted by atomic mass is 16.3. The average molecular weight is 316 g/mol. The van der Waals surface area contributed by atoms with Gasteiger partial charge in [-0.1, -0.05) is 6.42 Å². The molecule has 0 radical (unpaired) electrons. The first-order valence-corrected chi connectivity index (χ1v) is 8.83. The summed E-state index contributed by atoms with van der Waals surface area (Å²) in [6.07, 6.45) is 8.41. The molecule has 2 amide bonds. The van der Waals surface area contributed by atoms with E-state index >= 15 is 0 Å². The van der Waals surface area contributed by atoms with E-state index in [1.54, 1.807) is 12.1 Å². The maximum atomic E-state index is 12.1. The molecule has 3 saturated carbocycles. The second-order valence-electron chi connectivity index (χ2n) is 7.31. The molecule has 5 nitrogen and oxygen atoms in total. The zero-order valence-corrected chi connectivity index (χ0v) is 13.3. The Labute approximate surface area is 136 Å². The smallest absolute Gasteiger partial charge is 0.286 e. The summed E-state index contributed by atoms with van der Waals surface area (Å²) >= 11 is 0. The quantitative estimate of drug-likeness (QED) is 0.876. The highest BCUT2D eigenvalue weighted by Gasteiger charge is 2.53. The molecule has 0 aromatic carbocycles. The van der Waals surface area contributed by atoms with E-state index in [-0.39, 0.29) is 17.6 Å². The summed E-state index contributed by atoms with van der Waals surface area (Å²) in [5.74, 6) is 3.42. The minimum absolute atomic E-state index is 0.0526. The summed E-state index contributed by atoms with van der Waals surface area (Å²) in [7, 11) is 0. The highest BCUT2D eigenvalue weighted by molar-refractivity contribution is 5.91. The Morgan fingerprint density at radius 2 is 2.04 bits per heavy atom. The third kappa shape index (κ3) is 2.77. The summed E-state index contributed by atoms with van der Waals surface area (Å²) in [5, 5.41) is 5.94. The molecule has 0 spiro atoms. The van der Waals surface area contributed by atoms with Crippen LogP contribution in [0.3, 0.4) is 0 Å². The zero-order chi connectivity index (χ0) is 15.8. The van der Waals surface area contributed by atoms with Gasteiger partial charge in [-0.2, -0.15) is 0 Å². The normalized spacial score (nSPS) is 34.3. The lowest BCUT2D eigenvalue weighted by Gasteiger charge is -2.32. The topological polar surface area (TPSA) is 71.3 Å². The fraction of sp³-hybridized carbons (Fsp3) is 0.667. The van der Waals surface area contributed by atoms with Crippen LogP contribution in [0.5, 0.6) is 0 Å². The van der Waals surface area contributed by atoms with Crippen LogP contribution in [0.2, 0.25) is 0 Å². The molecule has 3 fully saturated rings. The minimum atomic E-state index is -0.267. The molecular weight excluding hydrogens is 292 g/mol. The Bertz CT molecular complexity index is 583. The number of hydrogen-bond acceptors (Lipinski definition) is 3. The number of nitrogens with one attached hydrogen (secondary N) is 2. The van der Waals surface area contributed by atoms with Crippen molar-refractivity contribution in [1.82, 2.24) is 10.6 Å². The third-order valence-electron chi connectivity index (χ3n) is 6.16. The molecule has 1 aromatic rings. The van der Waals surface area contributed by atoms with Crippen molar-refractivity contribution in [3.05, 3.63) is 24.2 Å². The molecule has 1 heterocycles. The summed E-state index contributed by atoms with van der Waals surface area (Å²) < 4.78 is 5.02. The Kier molecular flexibility index (Phi) is 3.87. The number of carbonyl (C=O) groups is 2. The van der Waals surface area contributed by atoms with Gasteiger partial charge in [0.2, 0.25) is 5.91 Å². The summed E-state index contributed by atoms with van der Waals surface area (Å²) in [6.45, 7) is 0.345. The molecule has 3 aliphatic carbocycles. The summed E-state index contributed by atoms with van der Waals surface area (Å²) in [5.41, 5.74) is 0. The fourth-order valence-electron chi connectivity index (χ4n) is 5.30. The van der Waals surface area contributed by atoms with Crippen molar-refractivity contribution in [3.63, 3.8) is 0 Å². The highest BCUT2D eigenvalue weighted by Crippen LogP contribution is 2.58. The number of rotatable bonds is 5. The van der Waals surface area contributed by atoms with Crippen LogP contribution in [0.25, 0.3) is 0 Å². The third-order valence-corrected chi connectivity index (χ3v) is 6.16. The Morgan fingerprint density at radius 1 is 1.17 bits per heavy atom. The number of amides is 2. The van der Waals surface area contributed by atoms with Gasteiger partial charge in [-0.25, -0.2) is 0 Å². The SMILES string of the molecule is O=C(CCNC(=O)c1ccco1)NC1CC2CC1C1CCCC21. The molecule has 124 valence electrons. The largest absolute Gasteiger partial charge is 0.459 e. The number of hydrogen-bond donors (Lipinski definition) is 2. The van der Waals surface area contributed by atoms with Gasteiger partial charge in [0.1, 0.15) is 0 Å². The van der Waals surface area contributed by atoms with Gasteiger partial charge >= 0.3 is 0 Å². The number of fused-ring (bicyclic) bond motifs is 5. The zero-order valence-electron chi connectivity index (χ0n) is 13.3. The van der Waals surface area contributed by atoms with Gasteiger partial charge in [0.15, 0.2) is 5.76 Å². The summed E-state index contributed by atoms with van der Waals surface area (Å²) in [6, 6.07) is 3.66. The van der Waals surface area contributed by atoms with Crippen LogP contribution in [0, 0.1) is 23.7 Å². The van der Waals surface area contributed by atoms with Gasteiger partial charge in [0.05, 0.1) is 6.26 Å². The van der Waals surface area contributed by atoms with Gasteiger partial charge in [-0.3, -0.25) is 9.59 Å². The Morgan fingerprint density at radius 3 is 2.87 bits per heavy atom. The van der Waals surface area contributed by atoms with Gasteiger partial charge in [-0.05, 0) is 61.5 Å². The van der Waals surface area contributed by atoms with Crippen molar-refractivity contribution >= 4 is 11.8 Å². The van der Waals surface area contributed by atoms with Crippen molar-refractivity contribution in [1.29, 1.82) is 0 Å². The van der Waals surface area contributed by atoms with Crippen molar-refractivity contribution in [2.75, 3.05) is 6.54 Å². The second-order valence-corrected chi connectivity index (χ2v) is 7.31. The maximum absolute atomic E-state index is 12.1. The van der Waals surface area contributed by atoms with E-state index in [2.05, 4.69) is 10.6 Å². The van der Waals surface area contributed by atoms with Crippen LogP contribution < -0.4 is 10.6 Å². The molecule has 0 saturated heterocycles. The predicted molar refractivity (Wildman–Crippen MR) is 84.6 cm³/mol. The molecule has 4 rings (SSSR count). The van der Waals surface area contributed by atoms with E-state index in [4.69, 9.17) is 4.42 Å². The standard InChI is InChI=1S/C18H24N2O3/c21-17(6-7-19-18(22)16-5-2-8-23-16)20-15-10-11-9-14(15)13-4-1-3-12(11)13/h2,5,8,11-15H,1,3-4,6-7,9-10H2,(H,19,22)(H,20,21). The Hall–Kier alpha value is -1.78. The first kappa shape index (κ1) is 14.8. The van der Waals surface area contributed by atoms with Gasteiger partial charge in [-0.15, -0.1) is 0 Å². The van der Waals surface area contributed by atoms with Gasteiger partial charge < -0.3 is 15.1 Å². The molecule has 1 aromatic heterocycles. The van der Waals surface area contributed by atoms with E-state index in [0.717, 1.165) is 24.2 Å². The maximum Gasteiger partial charge on any atom is 0.286 e. The van der Waals surface area contributed by atoms with Crippen molar-refractivity contribution in [3.8, 4) is 0 Å². The van der Waals surface area contributed by atoms with E-state index in [1.807, 2.05) is 0 Å². The number of furan rings is 1. The van der Waals surface area contributed by atoms with Gasteiger partial charge in [0, 0.05) is 19.0 Å². The van der Waals surface area contributed by atoms with Crippen molar-refractivity contribution in [2.45, 2.75) is 44.6 Å².